The van der Waals surface area contributed by atoms with Crippen molar-refractivity contribution in [3.05, 3.63) is 95.4 Å². The fourth-order valence-corrected chi connectivity index (χ4v) is 4.82. The lowest BCUT2D eigenvalue weighted by Gasteiger charge is -2.35. The van der Waals surface area contributed by atoms with Crippen LogP contribution in [0.5, 0.6) is 11.6 Å². The Labute approximate surface area is 243 Å². The van der Waals surface area contributed by atoms with E-state index in [-0.39, 0.29) is 11.3 Å². The first-order chi connectivity index (χ1) is 20.1. The Kier molecular flexibility index (Phi) is 8.44. The third-order valence-electron chi connectivity index (χ3n) is 7.33. The number of aryl methyl sites for hydroxylation is 2. The molecule has 3 heterocycles. The molecule has 0 aliphatic carbocycles. The van der Waals surface area contributed by atoms with Crippen molar-refractivity contribution in [1.29, 1.82) is 0 Å². The van der Waals surface area contributed by atoms with Crippen LogP contribution in [0.1, 0.15) is 34.1 Å². The van der Waals surface area contributed by atoms with E-state index in [1.54, 1.807) is 30.6 Å². The van der Waals surface area contributed by atoms with Crippen molar-refractivity contribution in [1.82, 2.24) is 14.9 Å². The van der Waals surface area contributed by atoms with E-state index in [4.69, 9.17) is 4.74 Å². The third kappa shape index (κ3) is 6.54. The van der Waals surface area contributed by atoms with Crippen molar-refractivity contribution in [3.63, 3.8) is 0 Å². The first kappa shape index (κ1) is 29.1. The highest BCUT2D eigenvalue weighted by atomic mass is 19.4. The number of ether oxygens (including phenoxy) is 1. The Bertz CT molecular complexity index is 1580. The third-order valence-corrected chi connectivity index (χ3v) is 7.33. The van der Waals surface area contributed by atoms with E-state index < -0.39 is 17.6 Å². The van der Waals surface area contributed by atoms with Crippen LogP contribution < -0.4 is 15.0 Å². The van der Waals surface area contributed by atoms with Crippen molar-refractivity contribution in [2.45, 2.75) is 26.4 Å². The van der Waals surface area contributed by atoms with Gasteiger partial charge in [-0.3, -0.25) is 9.78 Å². The van der Waals surface area contributed by atoms with Crippen LogP contribution in [0.15, 0.2) is 73.1 Å². The highest BCUT2D eigenvalue weighted by Gasteiger charge is 2.32. The standard InChI is InChI=1S/C32H32F3N5O2/c1-4-25-18-22(11-13-36-25)26-6-5-12-37-31(26)42-29-19-23(8-7-21(29)2)30(41)38-27-20-24(32(33,34)35)9-10-28(27)40-16-14-39(3)15-17-40/h5-13,18-20H,4,14-17H2,1-3H3,(H,38,41). The van der Waals surface area contributed by atoms with Crippen LogP contribution in [0.2, 0.25) is 0 Å². The number of hydrogen-bond donors (Lipinski definition) is 1. The minimum Gasteiger partial charge on any atom is -0.438 e. The molecule has 0 unspecified atom stereocenters. The van der Waals surface area contributed by atoms with Crippen LogP contribution in [-0.4, -0.2) is 54.0 Å². The molecule has 7 nitrogen and oxygen atoms in total. The average Bonchev–Trinajstić information content (AvgIpc) is 2.98. The molecule has 0 atom stereocenters. The second-order valence-electron chi connectivity index (χ2n) is 10.3. The van der Waals surface area contributed by atoms with E-state index in [1.807, 2.05) is 50.1 Å². The number of aromatic nitrogens is 2. The number of nitrogens with zero attached hydrogens (tertiary/aromatic N) is 4. The van der Waals surface area contributed by atoms with Gasteiger partial charge in [-0.15, -0.1) is 0 Å². The summed E-state index contributed by atoms with van der Waals surface area (Å²) in [4.78, 5) is 26.4. The lowest BCUT2D eigenvalue weighted by molar-refractivity contribution is -0.137. The Hall–Kier alpha value is -4.44. The molecule has 5 rings (SSSR count). The monoisotopic (exact) mass is 575 g/mol. The lowest BCUT2D eigenvalue weighted by Crippen LogP contribution is -2.44. The maximum atomic E-state index is 13.6. The summed E-state index contributed by atoms with van der Waals surface area (Å²) in [5, 5.41) is 2.74. The molecule has 0 radical (unpaired) electrons. The summed E-state index contributed by atoms with van der Waals surface area (Å²) in [5.74, 6) is 0.231. The maximum absolute atomic E-state index is 13.6. The van der Waals surface area contributed by atoms with Gasteiger partial charge in [-0.2, -0.15) is 13.2 Å². The molecule has 218 valence electrons. The zero-order valence-electron chi connectivity index (χ0n) is 23.7. The number of piperazine rings is 1. The van der Waals surface area contributed by atoms with Crippen molar-refractivity contribution in [2.75, 3.05) is 43.4 Å². The van der Waals surface area contributed by atoms with Crippen LogP contribution in [0.25, 0.3) is 11.1 Å². The number of anilines is 2. The van der Waals surface area contributed by atoms with Gasteiger partial charge in [-0.1, -0.05) is 13.0 Å². The summed E-state index contributed by atoms with van der Waals surface area (Å²) in [5.41, 5.74) is 3.45. The molecule has 1 N–H and O–H groups in total. The number of nitrogens with one attached hydrogen (secondary N) is 1. The van der Waals surface area contributed by atoms with E-state index in [2.05, 4.69) is 20.2 Å². The molecule has 0 bridgehead atoms. The van der Waals surface area contributed by atoms with Gasteiger partial charge in [0.05, 0.1) is 16.9 Å². The number of benzene rings is 2. The van der Waals surface area contributed by atoms with E-state index in [1.165, 1.54) is 6.07 Å². The molecular formula is C32H32F3N5O2. The van der Waals surface area contributed by atoms with Gasteiger partial charge < -0.3 is 19.9 Å². The second-order valence-corrected chi connectivity index (χ2v) is 10.3. The van der Waals surface area contributed by atoms with Gasteiger partial charge in [0.15, 0.2) is 0 Å². The number of pyridine rings is 2. The van der Waals surface area contributed by atoms with E-state index in [0.717, 1.165) is 54.0 Å². The van der Waals surface area contributed by atoms with Gasteiger partial charge in [-0.25, -0.2) is 4.98 Å². The SMILES string of the molecule is CCc1cc(-c2cccnc2Oc2cc(C(=O)Nc3cc(C(F)(F)F)ccc3N3CCN(C)CC3)ccc2C)ccn1. The number of amides is 1. The molecule has 1 amide bonds. The molecule has 0 saturated carbocycles. The molecule has 2 aromatic heterocycles. The summed E-state index contributed by atoms with van der Waals surface area (Å²) >= 11 is 0. The Morgan fingerprint density at radius 2 is 1.76 bits per heavy atom. The largest absolute Gasteiger partial charge is 0.438 e. The van der Waals surface area contributed by atoms with Crippen LogP contribution in [-0.2, 0) is 12.6 Å². The fraction of sp³-hybridized carbons (Fsp3) is 0.281. The molecule has 2 aromatic carbocycles. The summed E-state index contributed by atoms with van der Waals surface area (Å²) in [6, 6.07) is 16.0. The molecule has 10 heteroatoms. The minimum atomic E-state index is -4.54. The molecular weight excluding hydrogens is 543 g/mol. The number of rotatable bonds is 7. The smallest absolute Gasteiger partial charge is 0.416 e. The molecule has 1 aliphatic rings. The quantitative estimate of drug-likeness (QED) is 0.261. The zero-order chi connectivity index (χ0) is 29.9. The first-order valence-corrected chi connectivity index (χ1v) is 13.8. The van der Waals surface area contributed by atoms with Gasteiger partial charge in [0, 0.05) is 55.4 Å². The molecule has 0 spiro atoms. The Balaban J connectivity index is 1.43. The number of likely N-dealkylation sites (N-methyl/N-ethyl adjacent to an activating group) is 1. The van der Waals surface area contributed by atoms with Crippen molar-refractivity contribution < 1.29 is 22.7 Å². The summed E-state index contributed by atoms with van der Waals surface area (Å²) in [6.45, 7) is 6.68. The molecule has 1 fully saturated rings. The number of carbonyl (C=O) groups is 1. The Morgan fingerprint density at radius 3 is 2.50 bits per heavy atom. The number of alkyl halides is 3. The van der Waals surface area contributed by atoms with Crippen molar-refractivity contribution in [3.8, 4) is 22.8 Å². The van der Waals surface area contributed by atoms with Gasteiger partial charge in [0.25, 0.3) is 5.91 Å². The van der Waals surface area contributed by atoms with E-state index in [9.17, 15) is 18.0 Å². The van der Waals surface area contributed by atoms with Crippen LogP contribution in [0.3, 0.4) is 0 Å². The van der Waals surface area contributed by atoms with Crippen LogP contribution in [0, 0.1) is 6.92 Å². The number of carbonyl (C=O) groups excluding carboxylic acids is 1. The van der Waals surface area contributed by atoms with Gasteiger partial charge in [-0.05, 0) is 86.1 Å². The zero-order valence-corrected chi connectivity index (χ0v) is 23.7. The van der Waals surface area contributed by atoms with Crippen LogP contribution in [0.4, 0.5) is 24.5 Å². The first-order valence-electron chi connectivity index (χ1n) is 13.8. The fourth-order valence-electron chi connectivity index (χ4n) is 4.82. The van der Waals surface area contributed by atoms with Gasteiger partial charge in [0.2, 0.25) is 5.88 Å². The highest BCUT2D eigenvalue weighted by Crippen LogP contribution is 2.37. The summed E-state index contributed by atoms with van der Waals surface area (Å²) < 4.78 is 47.0. The lowest BCUT2D eigenvalue weighted by atomic mass is 10.1. The topological polar surface area (TPSA) is 70.6 Å². The normalized spacial score (nSPS) is 14.1. The number of halogens is 3. The van der Waals surface area contributed by atoms with Gasteiger partial charge >= 0.3 is 6.18 Å². The predicted molar refractivity (Wildman–Crippen MR) is 157 cm³/mol. The average molecular weight is 576 g/mol. The molecule has 1 aliphatic heterocycles. The number of hydrogen-bond acceptors (Lipinski definition) is 6. The molecule has 1 saturated heterocycles. The van der Waals surface area contributed by atoms with Crippen molar-refractivity contribution >= 4 is 17.3 Å². The minimum absolute atomic E-state index is 0.110. The highest BCUT2D eigenvalue weighted by molar-refractivity contribution is 6.06. The predicted octanol–water partition coefficient (Wildman–Crippen LogP) is 6.83. The summed E-state index contributed by atoms with van der Waals surface area (Å²) in [6.07, 6.45) is -0.396. The van der Waals surface area contributed by atoms with E-state index in [0.29, 0.717) is 30.4 Å². The molecule has 42 heavy (non-hydrogen) atoms. The Morgan fingerprint density at radius 1 is 0.976 bits per heavy atom. The van der Waals surface area contributed by atoms with E-state index >= 15 is 0 Å². The maximum Gasteiger partial charge on any atom is 0.416 e. The van der Waals surface area contributed by atoms with Crippen molar-refractivity contribution in [2.24, 2.45) is 0 Å². The molecule has 4 aromatic rings. The van der Waals surface area contributed by atoms with Crippen LogP contribution >= 0.6 is 0 Å². The van der Waals surface area contributed by atoms with Gasteiger partial charge in [0.1, 0.15) is 5.75 Å². The second kappa shape index (κ2) is 12.2. The summed E-state index contributed by atoms with van der Waals surface area (Å²) in [7, 11) is 2.00.